The highest BCUT2D eigenvalue weighted by atomic mass is 16.3. The van der Waals surface area contributed by atoms with Crippen LogP contribution in [0.3, 0.4) is 0 Å². The van der Waals surface area contributed by atoms with Gasteiger partial charge in [0, 0.05) is 11.8 Å². The van der Waals surface area contributed by atoms with Crippen LogP contribution in [0.1, 0.15) is 5.56 Å². The summed E-state index contributed by atoms with van der Waals surface area (Å²) >= 11 is 0. The minimum absolute atomic E-state index is 0.0192. The highest BCUT2D eigenvalue weighted by Gasteiger charge is 2.04. The summed E-state index contributed by atoms with van der Waals surface area (Å²) in [4.78, 5) is 0. The summed E-state index contributed by atoms with van der Waals surface area (Å²) in [7, 11) is 0. The summed E-state index contributed by atoms with van der Waals surface area (Å²) in [6.45, 7) is 0.681. The third-order valence-electron chi connectivity index (χ3n) is 1.80. The van der Waals surface area contributed by atoms with Crippen molar-refractivity contribution in [3.05, 3.63) is 36.0 Å². The third-order valence-corrected chi connectivity index (χ3v) is 1.80. The largest absolute Gasteiger partial charge is 0.375 e. The Morgan fingerprint density at radius 3 is 2.92 bits per heavy atom. The van der Waals surface area contributed by atoms with E-state index in [2.05, 4.69) is 16.2 Å². The molecule has 67 valence electrons. The minimum Gasteiger partial charge on any atom is -0.375 e. The lowest BCUT2D eigenvalue weighted by atomic mass is 10.1. The van der Waals surface area contributed by atoms with Gasteiger partial charge in [-0.2, -0.15) is 0 Å². The lowest BCUT2D eigenvalue weighted by Crippen LogP contribution is -2.41. The summed E-state index contributed by atoms with van der Waals surface area (Å²) in [6.07, 6.45) is 1.84. The monoisotopic (exact) mass is 176 g/mol. The molecule has 1 aliphatic rings. The van der Waals surface area contributed by atoms with E-state index in [-0.39, 0.29) is 5.75 Å². The maximum Gasteiger partial charge on any atom is 0.179 e. The molecule has 0 aromatic heterocycles. The molecule has 0 amide bonds. The van der Waals surface area contributed by atoms with Crippen LogP contribution in [0.5, 0.6) is 5.75 Å². The fraction of sp³-hybridized carbons (Fsp3) is 0.111. The van der Waals surface area contributed by atoms with Crippen LogP contribution in [-0.4, -0.2) is 6.67 Å². The quantitative estimate of drug-likeness (QED) is 0.592. The van der Waals surface area contributed by atoms with E-state index in [1.54, 1.807) is 12.1 Å². The SMILES string of the molecule is [O]c1cccc(C2=CNCNN2)c1. The van der Waals surface area contributed by atoms with Gasteiger partial charge in [-0.25, -0.2) is 5.43 Å². The Labute approximate surface area is 76.2 Å². The van der Waals surface area contributed by atoms with Crippen molar-refractivity contribution in [3.63, 3.8) is 0 Å². The topological polar surface area (TPSA) is 56.0 Å². The van der Waals surface area contributed by atoms with E-state index in [9.17, 15) is 5.11 Å². The maximum atomic E-state index is 11.0. The summed E-state index contributed by atoms with van der Waals surface area (Å²) in [6, 6.07) is 6.75. The molecule has 0 unspecified atom stereocenters. The highest BCUT2D eigenvalue weighted by molar-refractivity contribution is 5.64. The molecule has 1 aromatic rings. The van der Waals surface area contributed by atoms with E-state index in [0.717, 1.165) is 11.3 Å². The van der Waals surface area contributed by atoms with Gasteiger partial charge in [-0.3, -0.25) is 5.11 Å². The molecule has 0 fully saturated rings. The highest BCUT2D eigenvalue weighted by Crippen LogP contribution is 2.17. The number of hydrazine groups is 1. The molecule has 0 saturated heterocycles. The second kappa shape index (κ2) is 3.37. The van der Waals surface area contributed by atoms with Gasteiger partial charge in [-0.15, -0.1) is 0 Å². The van der Waals surface area contributed by atoms with E-state index in [1.807, 2.05) is 12.3 Å². The fourth-order valence-corrected chi connectivity index (χ4v) is 1.20. The Balaban J connectivity index is 2.29. The summed E-state index contributed by atoms with van der Waals surface area (Å²) < 4.78 is 0. The Kier molecular flexibility index (Phi) is 2.06. The van der Waals surface area contributed by atoms with Gasteiger partial charge in [-0.05, 0) is 12.1 Å². The van der Waals surface area contributed by atoms with E-state index < -0.39 is 0 Å². The molecule has 0 atom stereocenters. The van der Waals surface area contributed by atoms with Crippen molar-refractivity contribution in [2.45, 2.75) is 0 Å². The second-order valence-electron chi connectivity index (χ2n) is 2.77. The van der Waals surface area contributed by atoms with Crippen molar-refractivity contribution in [2.75, 3.05) is 6.67 Å². The minimum atomic E-state index is 0.0192. The normalized spacial score (nSPS) is 15.5. The molecule has 2 rings (SSSR count). The zero-order valence-electron chi connectivity index (χ0n) is 7.00. The number of hydrogen-bond acceptors (Lipinski definition) is 3. The van der Waals surface area contributed by atoms with Gasteiger partial charge in [0.1, 0.15) is 0 Å². The van der Waals surface area contributed by atoms with Crippen molar-refractivity contribution in [1.29, 1.82) is 0 Å². The lowest BCUT2D eigenvalue weighted by Gasteiger charge is -2.17. The second-order valence-corrected chi connectivity index (χ2v) is 2.77. The molecule has 4 nitrogen and oxygen atoms in total. The van der Waals surface area contributed by atoms with E-state index >= 15 is 0 Å². The Morgan fingerprint density at radius 1 is 1.31 bits per heavy atom. The van der Waals surface area contributed by atoms with E-state index in [4.69, 9.17) is 0 Å². The van der Waals surface area contributed by atoms with E-state index in [0.29, 0.717) is 6.67 Å². The summed E-state index contributed by atoms with van der Waals surface area (Å²) in [5, 5.41) is 14.1. The van der Waals surface area contributed by atoms with Gasteiger partial charge in [0.05, 0.1) is 12.4 Å². The summed E-state index contributed by atoms with van der Waals surface area (Å²) in [5.41, 5.74) is 7.65. The predicted molar refractivity (Wildman–Crippen MR) is 48.8 cm³/mol. The van der Waals surface area contributed by atoms with Gasteiger partial charge in [0.25, 0.3) is 0 Å². The van der Waals surface area contributed by atoms with Gasteiger partial charge in [0.15, 0.2) is 5.75 Å². The van der Waals surface area contributed by atoms with Crippen LogP contribution in [-0.2, 0) is 5.11 Å². The Morgan fingerprint density at radius 2 is 2.23 bits per heavy atom. The number of hydrogen-bond donors (Lipinski definition) is 3. The first-order valence-electron chi connectivity index (χ1n) is 4.06. The standard InChI is InChI=1S/C9H10N3O/c13-8-3-1-2-7(4-8)9-5-10-6-11-12-9/h1-5,10-12H,6H2. The van der Waals surface area contributed by atoms with Crippen molar-refractivity contribution in [3.8, 4) is 5.75 Å². The van der Waals surface area contributed by atoms with E-state index in [1.165, 1.54) is 6.07 Å². The molecule has 4 heteroatoms. The average Bonchev–Trinajstić information content (AvgIpc) is 2.19. The molecule has 1 aromatic carbocycles. The van der Waals surface area contributed by atoms with Crippen LogP contribution in [0.15, 0.2) is 30.5 Å². The smallest absolute Gasteiger partial charge is 0.179 e. The third kappa shape index (κ3) is 1.73. The molecule has 0 saturated carbocycles. The molecule has 1 aliphatic heterocycles. The number of nitrogens with one attached hydrogen (secondary N) is 3. The van der Waals surface area contributed by atoms with Crippen LogP contribution in [0.2, 0.25) is 0 Å². The van der Waals surface area contributed by atoms with Crippen molar-refractivity contribution in [1.82, 2.24) is 16.2 Å². The summed E-state index contributed by atoms with van der Waals surface area (Å²) in [5.74, 6) is 0.0192. The molecular formula is C9H10N3O. The molecule has 13 heavy (non-hydrogen) atoms. The predicted octanol–water partition coefficient (Wildman–Crippen LogP) is 0.784. The first kappa shape index (κ1) is 7.94. The lowest BCUT2D eigenvalue weighted by molar-refractivity contribution is 0.354. The van der Waals surface area contributed by atoms with Gasteiger partial charge < -0.3 is 10.7 Å². The Bertz CT molecular complexity index is 335. The van der Waals surface area contributed by atoms with Crippen LogP contribution < -0.4 is 16.2 Å². The molecule has 0 spiro atoms. The van der Waals surface area contributed by atoms with Crippen LogP contribution in [0.4, 0.5) is 0 Å². The number of benzene rings is 1. The molecule has 0 aliphatic carbocycles. The Hall–Kier alpha value is -1.68. The first-order valence-corrected chi connectivity index (χ1v) is 4.06. The number of rotatable bonds is 1. The zero-order chi connectivity index (χ0) is 9.10. The van der Waals surface area contributed by atoms with Crippen molar-refractivity contribution >= 4 is 5.70 Å². The zero-order valence-corrected chi connectivity index (χ0v) is 7.00. The molecule has 3 N–H and O–H groups in total. The maximum absolute atomic E-state index is 11.0. The van der Waals surface area contributed by atoms with Gasteiger partial charge >= 0.3 is 0 Å². The first-order chi connectivity index (χ1) is 6.36. The molecule has 1 heterocycles. The van der Waals surface area contributed by atoms with Gasteiger partial charge in [0.2, 0.25) is 0 Å². The molecule has 1 radical (unpaired) electrons. The van der Waals surface area contributed by atoms with Crippen LogP contribution in [0.25, 0.3) is 5.70 Å². The fourth-order valence-electron chi connectivity index (χ4n) is 1.20. The van der Waals surface area contributed by atoms with Gasteiger partial charge in [-0.1, -0.05) is 12.1 Å². The molecular weight excluding hydrogens is 166 g/mol. The molecule has 0 bridgehead atoms. The van der Waals surface area contributed by atoms with Crippen molar-refractivity contribution < 1.29 is 5.11 Å². The van der Waals surface area contributed by atoms with Crippen molar-refractivity contribution in [2.24, 2.45) is 0 Å². The van der Waals surface area contributed by atoms with Crippen LogP contribution >= 0.6 is 0 Å². The van der Waals surface area contributed by atoms with Crippen LogP contribution in [0, 0.1) is 0 Å². The average molecular weight is 176 g/mol.